The zero-order valence-corrected chi connectivity index (χ0v) is 17.5. The van der Waals surface area contributed by atoms with Gasteiger partial charge in [-0.1, -0.05) is 12.1 Å². The molecule has 0 saturated carbocycles. The second-order valence-corrected chi connectivity index (χ2v) is 8.12. The van der Waals surface area contributed by atoms with Crippen LogP contribution in [0.25, 0.3) is 0 Å². The highest BCUT2D eigenvalue weighted by molar-refractivity contribution is 5.77. The molecule has 2 aromatic rings. The van der Waals surface area contributed by atoms with Crippen LogP contribution < -0.4 is 14.4 Å². The summed E-state index contributed by atoms with van der Waals surface area (Å²) in [6.45, 7) is 2.61. The van der Waals surface area contributed by atoms with Gasteiger partial charge in [-0.05, 0) is 24.1 Å². The number of aromatic nitrogens is 2. The van der Waals surface area contributed by atoms with E-state index >= 15 is 0 Å². The van der Waals surface area contributed by atoms with Crippen molar-refractivity contribution in [1.82, 2.24) is 14.9 Å². The van der Waals surface area contributed by atoms with E-state index in [9.17, 15) is 9.90 Å². The molecule has 2 aliphatic rings. The molecule has 2 atom stereocenters. The topological polar surface area (TPSA) is 88.0 Å². The van der Waals surface area contributed by atoms with Gasteiger partial charge in [0, 0.05) is 56.2 Å². The maximum absolute atomic E-state index is 12.8. The summed E-state index contributed by atoms with van der Waals surface area (Å²) in [6, 6.07) is 9.52. The van der Waals surface area contributed by atoms with E-state index in [1.807, 2.05) is 29.2 Å². The minimum Gasteiger partial charge on any atom is -0.497 e. The third-order valence-corrected chi connectivity index (χ3v) is 6.32. The van der Waals surface area contributed by atoms with Crippen LogP contribution in [0.15, 0.2) is 36.5 Å². The lowest BCUT2D eigenvalue weighted by atomic mass is 9.82. The number of ether oxygens (including phenoxy) is 2. The number of carbonyl (C=O) groups is 1. The van der Waals surface area contributed by atoms with Gasteiger partial charge in [0.05, 0.1) is 20.8 Å². The summed E-state index contributed by atoms with van der Waals surface area (Å²) in [4.78, 5) is 25.6. The van der Waals surface area contributed by atoms with E-state index in [2.05, 4.69) is 14.9 Å². The number of methoxy groups -OCH3 is 2. The highest BCUT2D eigenvalue weighted by Gasteiger charge is 2.53. The van der Waals surface area contributed by atoms with Gasteiger partial charge in [0.2, 0.25) is 17.7 Å². The molecule has 1 aromatic heterocycles. The molecule has 0 aliphatic carbocycles. The minimum atomic E-state index is -0.331. The molecule has 160 valence electrons. The van der Waals surface area contributed by atoms with Crippen molar-refractivity contribution in [2.45, 2.75) is 12.8 Å². The number of aryl methyl sites for hydroxylation is 1. The number of rotatable bonds is 7. The molecule has 2 aliphatic heterocycles. The predicted molar refractivity (Wildman–Crippen MR) is 112 cm³/mol. The van der Waals surface area contributed by atoms with Crippen molar-refractivity contribution >= 4 is 11.9 Å². The summed E-state index contributed by atoms with van der Waals surface area (Å²) in [6.07, 6.45) is 2.83. The Labute approximate surface area is 176 Å². The normalized spacial score (nSPS) is 22.8. The number of benzene rings is 1. The van der Waals surface area contributed by atoms with E-state index in [0.717, 1.165) is 17.9 Å². The van der Waals surface area contributed by atoms with Crippen molar-refractivity contribution in [3.05, 3.63) is 42.1 Å². The van der Waals surface area contributed by atoms with Crippen LogP contribution in [0.2, 0.25) is 0 Å². The summed E-state index contributed by atoms with van der Waals surface area (Å²) >= 11 is 0. The predicted octanol–water partition coefficient (Wildman–Crippen LogP) is 1.38. The fraction of sp³-hybridized carbons (Fsp3) is 0.500. The lowest BCUT2D eigenvalue weighted by molar-refractivity contribution is -0.130. The van der Waals surface area contributed by atoms with Crippen molar-refractivity contribution in [1.29, 1.82) is 0 Å². The molecule has 0 spiro atoms. The molecule has 2 fully saturated rings. The standard InChI is InChI=1S/C22H28N4O4/c1-29-18-6-3-16(4-7-18)5-8-20(28)25-11-17-12-26(14-22(17,13-25)15-27)21-23-10-9-19(24-21)30-2/h3-4,6-7,9-10,17,27H,5,8,11-15H2,1-2H3/t17-,22+/m1/s1. The molecule has 8 heteroatoms. The van der Waals surface area contributed by atoms with Gasteiger partial charge in [-0.2, -0.15) is 4.98 Å². The number of aliphatic hydroxyl groups excluding tert-OH is 1. The van der Waals surface area contributed by atoms with Crippen LogP contribution in [-0.2, 0) is 11.2 Å². The number of amides is 1. The van der Waals surface area contributed by atoms with Crippen molar-refractivity contribution in [2.75, 3.05) is 51.9 Å². The van der Waals surface area contributed by atoms with Crippen LogP contribution in [0.3, 0.4) is 0 Å². The number of hydrogen-bond donors (Lipinski definition) is 1. The monoisotopic (exact) mass is 412 g/mol. The molecule has 1 aromatic carbocycles. The van der Waals surface area contributed by atoms with Gasteiger partial charge in [-0.3, -0.25) is 4.79 Å². The number of hydrogen-bond acceptors (Lipinski definition) is 7. The van der Waals surface area contributed by atoms with E-state index in [1.54, 1.807) is 26.5 Å². The first-order chi connectivity index (χ1) is 14.6. The maximum Gasteiger partial charge on any atom is 0.228 e. The molecule has 0 unspecified atom stereocenters. The molecule has 8 nitrogen and oxygen atoms in total. The second-order valence-electron chi connectivity index (χ2n) is 8.12. The number of fused-ring (bicyclic) bond motifs is 1. The lowest BCUT2D eigenvalue weighted by Gasteiger charge is -2.27. The smallest absolute Gasteiger partial charge is 0.228 e. The Morgan fingerprint density at radius 3 is 2.63 bits per heavy atom. The first kappa shape index (κ1) is 20.4. The van der Waals surface area contributed by atoms with E-state index in [1.165, 1.54) is 0 Å². The Hall–Kier alpha value is -2.87. The van der Waals surface area contributed by atoms with Crippen molar-refractivity contribution < 1.29 is 19.4 Å². The largest absolute Gasteiger partial charge is 0.497 e. The summed E-state index contributed by atoms with van der Waals surface area (Å²) in [7, 11) is 3.22. The number of aliphatic hydroxyl groups is 1. The minimum absolute atomic E-state index is 0.0421. The molecule has 4 rings (SSSR count). The Bertz CT molecular complexity index is 891. The lowest BCUT2D eigenvalue weighted by Crippen LogP contribution is -2.39. The molecule has 0 radical (unpaired) electrons. The van der Waals surface area contributed by atoms with Crippen LogP contribution in [0.4, 0.5) is 5.95 Å². The molecule has 1 N–H and O–H groups in total. The van der Waals surface area contributed by atoms with E-state index in [4.69, 9.17) is 9.47 Å². The first-order valence-electron chi connectivity index (χ1n) is 10.2. The fourth-order valence-electron chi connectivity index (χ4n) is 4.55. The summed E-state index contributed by atoms with van der Waals surface area (Å²) in [5.74, 6) is 2.27. The van der Waals surface area contributed by atoms with Gasteiger partial charge in [0.1, 0.15) is 5.75 Å². The van der Waals surface area contributed by atoms with Gasteiger partial charge in [0.15, 0.2) is 0 Å². The zero-order valence-electron chi connectivity index (χ0n) is 17.5. The Balaban J connectivity index is 1.37. The molecule has 1 amide bonds. The Morgan fingerprint density at radius 2 is 1.97 bits per heavy atom. The number of likely N-dealkylation sites (tertiary alicyclic amines) is 1. The number of nitrogens with zero attached hydrogens (tertiary/aromatic N) is 4. The Morgan fingerprint density at radius 1 is 1.17 bits per heavy atom. The second kappa shape index (κ2) is 8.47. The van der Waals surface area contributed by atoms with Gasteiger partial charge in [-0.25, -0.2) is 4.98 Å². The molecular weight excluding hydrogens is 384 g/mol. The highest BCUT2D eigenvalue weighted by Crippen LogP contribution is 2.43. The van der Waals surface area contributed by atoms with Crippen molar-refractivity contribution in [3.8, 4) is 11.6 Å². The fourth-order valence-corrected chi connectivity index (χ4v) is 4.55. The van der Waals surface area contributed by atoms with E-state index in [0.29, 0.717) is 44.3 Å². The maximum atomic E-state index is 12.8. The molecular formula is C22H28N4O4. The van der Waals surface area contributed by atoms with Crippen LogP contribution >= 0.6 is 0 Å². The van der Waals surface area contributed by atoms with Crippen molar-refractivity contribution in [3.63, 3.8) is 0 Å². The molecule has 2 saturated heterocycles. The number of carbonyl (C=O) groups excluding carboxylic acids is 1. The van der Waals surface area contributed by atoms with Crippen LogP contribution in [0.1, 0.15) is 12.0 Å². The van der Waals surface area contributed by atoms with Crippen molar-refractivity contribution in [2.24, 2.45) is 11.3 Å². The zero-order chi connectivity index (χ0) is 21.1. The third kappa shape index (κ3) is 3.92. The highest BCUT2D eigenvalue weighted by atomic mass is 16.5. The average molecular weight is 412 g/mol. The van der Waals surface area contributed by atoms with Crippen LogP contribution in [0, 0.1) is 11.3 Å². The van der Waals surface area contributed by atoms with Gasteiger partial charge in [-0.15, -0.1) is 0 Å². The summed E-state index contributed by atoms with van der Waals surface area (Å²) < 4.78 is 10.4. The molecule has 3 heterocycles. The van der Waals surface area contributed by atoms with Crippen LogP contribution in [0.5, 0.6) is 11.6 Å². The Kier molecular flexibility index (Phi) is 5.76. The number of anilines is 1. The SMILES string of the molecule is COc1ccc(CCC(=O)N2C[C@@H]3CN(c4nccc(OC)n4)C[C@]3(CO)C2)cc1. The van der Waals surface area contributed by atoms with Gasteiger partial charge in [0.25, 0.3) is 0 Å². The van der Waals surface area contributed by atoms with E-state index in [-0.39, 0.29) is 23.8 Å². The van der Waals surface area contributed by atoms with Crippen LogP contribution in [-0.4, -0.2) is 72.9 Å². The van der Waals surface area contributed by atoms with Gasteiger partial charge >= 0.3 is 0 Å². The quantitative estimate of drug-likeness (QED) is 0.735. The summed E-state index contributed by atoms with van der Waals surface area (Å²) in [5.41, 5.74) is 0.782. The van der Waals surface area contributed by atoms with Gasteiger partial charge < -0.3 is 24.4 Å². The average Bonchev–Trinajstić information content (AvgIpc) is 3.33. The first-order valence-corrected chi connectivity index (χ1v) is 10.2. The molecule has 30 heavy (non-hydrogen) atoms. The molecule has 0 bridgehead atoms. The summed E-state index contributed by atoms with van der Waals surface area (Å²) in [5, 5.41) is 10.2. The third-order valence-electron chi connectivity index (χ3n) is 6.32. The van der Waals surface area contributed by atoms with E-state index < -0.39 is 0 Å².